The molecule has 2 heterocycles. The number of benzene rings is 1. The molecule has 0 aliphatic carbocycles. The fraction of sp³-hybridized carbons (Fsp3) is 0.562. The second-order valence-electron chi connectivity index (χ2n) is 6.13. The molecule has 3 rings (SSSR count). The minimum atomic E-state index is -0.676. The Morgan fingerprint density at radius 3 is 2.59 bits per heavy atom. The van der Waals surface area contributed by atoms with Crippen LogP contribution in [-0.4, -0.2) is 54.4 Å². The summed E-state index contributed by atoms with van der Waals surface area (Å²) < 4.78 is 11.0. The lowest BCUT2D eigenvalue weighted by Crippen LogP contribution is -2.49. The fourth-order valence-electron chi connectivity index (χ4n) is 3.42. The standard InChI is InChI=1S/C16H21NO5/c1-17-5-3-16(4-6-17)11-9-13(19)12(18)7-10(11)8-14(22-16)15(20)21-2/h7,9,14,18-19H,3-6,8H2,1-2H3/t14-/m1/s1. The Balaban J connectivity index is 2.05. The van der Waals surface area contributed by atoms with Gasteiger partial charge in [0, 0.05) is 19.5 Å². The molecule has 0 saturated carbocycles. The summed E-state index contributed by atoms with van der Waals surface area (Å²) in [6, 6.07) is 3.10. The Morgan fingerprint density at radius 2 is 1.95 bits per heavy atom. The molecular weight excluding hydrogens is 286 g/mol. The first kappa shape index (κ1) is 15.1. The van der Waals surface area contributed by atoms with Gasteiger partial charge in [-0.05, 0) is 43.1 Å². The highest BCUT2D eigenvalue weighted by Gasteiger charge is 2.45. The van der Waals surface area contributed by atoms with E-state index in [1.54, 1.807) is 6.07 Å². The average molecular weight is 307 g/mol. The minimum Gasteiger partial charge on any atom is -0.504 e. The number of rotatable bonds is 1. The Morgan fingerprint density at radius 1 is 1.32 bits per heavy atom. The molecule has 0 amide bonds. The molecule has 22 heavy (non-hydrogen) atoms. The quantitative estimate of drug-likeness (QED) is 0.598. The van der Waals surface area contributed by atoms with Crippen molar-refractivity contribution < 1.29 is 24.5 Å². The predicted molar refractivity (Wildman–Crippen MR) is 78.8 cm³/mol. The third-order valence-corrected chi connectivity index (χ3v) is 4.72. The molecule has 2 aliphatic heterocycles. The molecule has 1 aromatic carbocycles. The van der Waals surface area contributed by atoms with Crippen molar-refractivity contribution in [2.45, 2.75) is 31.0 Å². The SMILES string of the molecule is COC(=O)[C@H]1Cc2cc(O)c(O)cc2C2(CCN(C)CC2)O1. The highest BCUT2D eigenvalue weighted by Crippen LogP contribution is 2.46. The lowest BCUT2D eigenvalue weighted by atomic mass is 9.78. The molecule has 2 N–H and O–H groups in total. The van der Waals surface area contributed by atoms with E-state index in [-0.39, 0.29) is 11.5 Å². The van der Waals surface area contributed by atoms with E-state index in [1.165, 1.54) is 13.2 Å². The number of phenols is 2. The van der Waals surface area contributed by atoms with Crippen molar-refractivity contribution >= 4 is 5.97 Å². The summed E-state index contributed by atoms with van der Waals surface area (Å²) in [5.74, 6) is -0.735. The molecule has 1 fully saturated rings. The molecule has 6 heteroatoms. The monoisotopic (exact) mass is 307 g/mol. The molecule has 1 spiro atoms. The largest absolute Gasteiger partial charge is 0.504 e. The molecule has 0 bridgehead atoms. The maximum Gasteiger partial charge on any atom is 0.335 e. The van der Waals surface area contributed by atoms with Crippen LogP contribution >= 0.6 is 0 Å². The number of fused-ring (bicyclic) bond motifs is 2. The van der Waals surface area contributed by atoms with Crippen LogP contribution in [0.3, 0.4) is 0 Å². The predicted octanol–water partition coefficient (Wildman–Crippen LogP) is 1.13. The van der Waals surface area contributed by atoms with E-state index >= 15 is 0 Å². The van der Waals surface area contributed by atoms with Crippen molar-refractivity contribution in [2.24, 2.45) is 0 Å². The maximum atomic E-state index is 11.9. The van der Waals surface area contributed by atoms with Gasteiger partial charge in [0.15, 0.2) is 17.6 Å². The van der Waals surface area contributed by atoms with Gasteiger partial charge in [-0.2, -0.15) is 0 Å². The Hall–Kier alpha value is -1.79. The van der Waals surface area contributed by atoms with E-state index in [0.717, 1.165) is 37.1 Å². The van der Waals surface area contributed by atoms with E-state index in [9.17, 15) is 15.0 Å². The number of methoxy groups -OCH3 is 1. The van der Waals surface area contributed by atoms with Crippen molar-refractivity contribution in [1.82, 2.24) is 4.90 Å². The fourth-order valence-corrected chi connectivity index (χ4v) is 3.42. The van der Waals surface area contributed by atoms with Gasteiger partial charge in [-0.3, -0.25) is 0 Å². The molecule has 1 aromatic rings. The summed E-state index contributed by atoms with van der Waals surface area (Å²) in [4.78, 5) is 14.2. The van der Waals surface area contributed by atoms with Crippen molar-refractivity contribution in [2.75, 3.05) is 27.2 Å². The van der Waals surface area contributed by atoms with Gasteiger partial charge in [0.1, 0.15) is 0 Å². The highest BCUT2D eigenvalue weighted by molar-refractivity contribution is 5.75. The Labute approximate surface area is 129 Å². The molecule has 6 nitrogen and oxygen atoms in total. The summed E-state index contributed by atoms with van der Waals surface area (Å²) in [5, 5.41) is 19.6. The lowest BCUT2D eigenvalue weighted by Gasteiger charge is -2.46. The molecule has 0 aromatic heterocycles. The first-order valence-corrected chi connectivity index (χ1v) is 7.45. The first-order chi connectivity index (χ1) is 10.4. The third-order valence-electron chi connectivity index (χ3n) is 4.72. The molecule has 0 unspecified atom stereocenters. The zero-order valence-electron chi connectivity index (χ0n) is 12.8. The summed E-state index contributed by atoms with van der Waals surface area (Å²) in [5.41, 5.74) is 1.10. The van der Waals surface area contributed by atoms with Crippen LogP contribution in [0, 0.1) is 0 Å². The minimum absolute atomic E-state index is 0.155. The van der Waals surface area contributed by atoms with E-state index in [1.807, 2.05) is 7.05 Å². The molecular formula is C16H21NO5. The zero-order valence-corrected chi connectivity index (χ0v) is 12.8. The van der Waals surface area contributed by atoms with Crippen LogP contribution < -0.4 is 0 Å². The van der Waals surface area contributed by atoms with Gasteiger partial charge >= 0.3 is 5.97 Å². The van der Waals surface area contributed by atoms with E-state index < -0.39 is 17.7 Å². The molecule has 2 aliphatic rings. The van der Waals surface area contributed by atoms with Crippen molar-refractivity contribution in [1.29, 1.82) is 0 Å². The average Bonchev–Trinajstić information content (AvgIpc) is 2.51. The highest BCUT2D eigenvalue weighted by atomic mass is 16.6. The Bertz CT molecular complexity index is 592. The Kier molecular flexibility index (Phi) is 3.74. The molecule has 120 valence electrons. The summed E-state index contributed by atoms with van der Waals surface area (Å²) in [6.07, 6.45) is 1.13. The molecule has 1 saturated heterocycles. The van der Waals surface area contributed by atoms with Gasteiger partial charge in [-0.15, -0.1) is 0 Å². The van der Waals surface area contributed by atoms with Crippen LogP contribution in [0.1, 0.15) is 24.0 Å². The zero-order chi connectivity index (χ0) is 15.9. The van der Waals surface area contributed by atoms with Crippen molar-refractivity contribution in [3.63, 3.8) is 0 Å². The van der Waals surface area contributed by atoms with Crippen molar-refractivity contribution in [3.05, 3.63) is 23.3 Å². The second kappa shape index (κ2) is 5.44. The number of carbonyl (C=O) groups excluding carboxylic acids is 1. The number of carbonyl (C=O) groups is 1. The molecule has 0 radical (unpaired) electrons. The number of ether oxygens (including phenoxy) is 2. The first-order valence-electron chi connectivity index (χ1n) is 7.45. The topological polar surface area (TPSA) is 79.2 Å². The van der Waals surface area contributed by atoms with Crippen LogP contribution in [0.25, 0.3) is 0 Å². The van der Waals surface area contributed by atoms with Crippen LogP contribution in [-0.2, 0) is 26.3 Å². The van der Waals surface area contributed by atoms with Gasteiger partial charge in [0.05, 0.1) is 12.7 Å². The number of hydrogen-bond donors (Lipinski definition) is 2. The maximum absolute atomic E-state index is 11.9. The third kappa shape index (κ3) is 2.42. The number of nitrogens with zero attached hydrogens (tertiary/aromatic N) is 1. The van der Waals surface area contributed by atoms with E-state index in [4.69, 9.17) is 9.47 Å². The number of phenolic OH excluding ortho intramolecular Hbond substituents is 2. The number of esters is 1. The summed E-state index contributed by atoms with van der Waals surface area (Å²) in [7, 11) is 3.39. The smallest absolute Gasteiger partial charge is 0.335 e. The van der Waals surface area contributed by atoms with Gasteiger partial charge in [0.2, 0.25) is 0 Å². The molecule has 1 atom stereocenters. The van der Waals surface area contributed by atoms with Crippen molar-refractivity contribution in [3.8, 4) is 11.5 Å². The number of aromatic hydroxyl groups is 2. The summed E-state index contributed by atoms with van der Waals surface area (Å²) >= 11 is 0. The number of piperidine rings is 1. The van der Waals surface area contributed by atoms with Crippen LogP contribution in [0.4, 0.5) is 0 Å². The van der Waals surface area contributed by atoms with E-state index in [2.05, 4.69) is 4.90 Å². The van der Waals surface area contributed by atoms with Crippen LogP contribution in [0.15, 0.2) is 12.1 Å². The van der Waals surface area contributed by atoms with E-state index in [0.29, 0.717) is 6.42 Å². The van der Waals surface area contributed by atoms with Gasteiger partial charge in [-0.1, -0.05) is 0 Å². The number of hydrogen-bond acceptors (Lipinski definition) is 6. The normalized spacial score (nSPS) is 24.0. The number of likely N-dealkylation sites (tertiary alicyclic amines) is 1. The second-order valence-corrected chi connectivity index (χ2v) is 6.13. The van der Waals surface area contributed by atoms with Gasteiger partial charge < -0.3 is 24.6 Å². The van der Waals surface area contributed by atoms with Gasteiger partial charge in [-0.25, -0.2) is 4.79 Å². The summed E-state index contributed by atoms with van der Waals surface area (Å²) in [6.45, 7) is 1.68. The lowest BCUT2D eigenvalue weighted by molar-refractivity contribution is -0.180. The van der Waals surface area contributed by atoms with Crippen LogP contribution in [0.5, 0.6) is 11.5 Å². The van der Waals surface area contributed by atoms with Crippen LogP contribution in [0.2, 0.25) is 0 Å². The van der Waals surface area contributed by atoms with Gasteiger partial charge in [0.25, 0.3) is 0 Å².